The van der Waals surface area contributed by atoms with Crippen LogP contribution in [0.4, 0.5) is 11.4 Å². The van der Waals surface area contributed by atoms with Gasteiger partial charge < -0.3 is 10.6 Å². The summed E-state index contributed by atoms with van der Waals surface area (Å²) in [4.78, 5) is 0. The molecule has 0 unspecified atom stereocenters. The van der Waals surface area contributed by atoms with Gasteiger partial charge in [0.15, 0.2) is 0 Å². The molecule has 138 valence electrons. The third-order valence-electron chi connectivity index (χ3n) is 4.80. The van der Waals surface area contributed by atoms with Crippen molar-refractivity contribution in [3.8, 4) is 11.1 Å². The zero-order valence-corrected chi connectivity index (χ0v) is 15.8. The summed E-state index contributed by atoms with van der Waals surface area (Å²) < 4.78 is 0. The van der Waals surface area contributed by atoms with Crippen LogP contribution >= 0.6 is 0 Å². The maximum absolute atomic E-state index is 3.60. The summed E-state index contributed by atoms with van der Waals surface area (Å²) in [5.74, 6) is 0. The van der Waals surface area contributed by atoms with Crippen LogP contribution in [0.2, 0.25) is 0 Å². The molecule has 2 N–H and O–H groups in total. The monoisotopic (exact) mass is 364 g/mol. The number of nitrogens with one attached hydrogen (secondary N) is 2. The molecule has 0 aromatic heterocycles. The molecule has 0 saturated carbocycles. The molecule has 0 amide bonds. The summed E-state index contributed by atoms with van der Waals surface area (Å²) >= 11 is 0. The van der Waals surface area contributed by atoms with E-state index >= 15 is 0 Å². The van der Waals surface area contributed by atoms with E-state index in [1.165, 1.54) is 22.3 Å². The summed E-state index contributed by atoms with van der Waals surface area (Å²) in [6.45, 7) is 1.61. The molecule has 0 bridgehead atoms. The van der Waals surface area contributed by atoms with Crippen molar-refractivity contribution in [2.45, 2.75) is 13.1 Å². The van der Waals surface area contributed by atoms with Gasteiger partial charge >= 0.3 is 0 Å². The van der Waals surface area contributed by atoms with E-state index < -0.39 is 0 Å². The Morgan fingerprint density at radius 1 is 0.393 bits per heavy atom. The molecule has 4 aromatic rings. The van der Waals surface area contributed by atoms with Gasteiger partial charge in [0.2, 0.25) is 0 Å². The second kappa shape index (κ2) is 8.92. The summed E-state index contributed by atoms with van der Waals surface area (Å²) in [6, 6.07) is 38.0. The van der Waals surface area contributed by atoms with E-state index in [0.29, 0.717) is 0 Å². The van der Waals surface area contributed by atoms with Gasteiger partial charge in [-0.3, -0.25) is 0 Å². The van der Waals surface area contributed by atoms with Gasteiger partial charge in [0.1, 0.15) is 0 Å². The van der Waals surface area contributed by atoms with Crippen LogP contribution in [-0.4, -0.2) is 0 Å². The van der Waals surface area contributed by atoms with Crippen molar-refractivity contribution >= 4 is 11.4 Å². The lowest BCUT2D eigenvalue weighted by molar-refractivity contribution is 1.14. The minimum atomic E-state index is 0.803. The second-order valence-electron chi connectivity index (χ2n) is 6.77. The highest BCUT2D eigenvalue weighted by Gasteiger charge is 2.09. The lowest BCUT2D eigenvalue weighted by Crippen LogP contribution is -2.03. The Morgan fingerprint density at radius 3 is 1.18 bits per heavy atom. The summed E-state index contributed by atoms with van der Waals surface area (Å²) in [7, 11) is 0. The minimum Gasteiger partial charge on any atom is -0.380 e. The molecule has 0 saturated heterocycles. The van der Waals surface area contributed by atoms with E-state index in [4.69, 9.17) is 0 Å². The zero-order valence-electron chi connectivity index (χ0n) is 15.8. The number of rotatable bonds is 7. The number of hydrogen-bond donors (Lipinski definition) is 2. The van der Waals surface area contributed by atoms with Crippen LogP contribution in [0, 0.1) is 0 Å². The molecule has 0 fully saturated rings. The Balaban J connectivity index is 1.57. The molecule has 0 aliphatic carbocycles. The van der Waals surface area contributed by atoms with E-state index in [-0.39, 0.29) is 0 Å². The fourth-order valence-corrected chi connectivity index (χ4v) is 3.33. The van der Waals surface area contributed by atoms with Crippen molar-refractivity contribution in [3.63, 3.8) is 0 Å². The molecular formula is C26H24N2. The van der Waals surface area contributed by atoms with Gasteiger partial charge in [-0.25, -0.2) is 0 Å². The topological polar surface area (TPSA) is 24.1 Å². The van der Waals surface area contributed by atoms with Gasteiger partial charge in [-0.15, -0.1) is 0 Å². The molecule has 28 heavy (non-hydrogen) atoms. The Hall–Kier alpha value is -3.52. The standard InChI is InChI=1S/C26H24N2/c1-3-11-21(12-4-1)19-27-25-17-9-7-15-23(25)24-16-8-10-18-26(24)28-20-22-13-5-2-6-14-22/h1-18,27-28H,19-20H2. The van der Waals surface area contributed by atoms with Crippen molar-refractivity contribution in [2.24, 2.45) is 0 Å². The Labute approximate surface area is 166 Å². The first kappa shape index (κ1) is 17.9. The highest BCUT2D eigenvalue weighted by Crippen LogP contribution is 2.34. The minimum absolute atomic E-state index is 0.803. The quantitative estimate of drug-likeness (QED) is 0.387. The summed E-state index contributed by atoms with van der Waals surface area (Å²) in [6.07, 6.45) is 0. The lowest BCUT2D eigenvalue weighted by atomic mass is 10.0. The van der Waals surface area contributed by atoms with Crippen LogP contribution in [0.15, 0.2) is 109 Å². The molecule has 0 aliphatic heterocycles. The molecule has 0 heterocycles. The average molecular weight is 364 g/mol. The fraction of sp³-hybridized carbons (Fsp3) is 0.0769. The first-order valence-corrected chi connectivity index (χ1v) is 9.64. The molecule has 4 rings (SSSR count). The number of benzene rings is 4. The molecular weight excluding hydrogens is 340 g/mol. The van der Waals surface area contributed by atoms with Crippen molar-refractivity contribution in [1.29, 1.82) is 0 Å². The van der Waals surface area contributed by atoms with Gasteiger partial charge in [-0.2, -0.15) is 0 Å². The molecule has 0 radical (unpaired) electrons. The predicted octanol–water partition coefficient (Wildman–Crippen LogP) is 6.58. The van der Waals surface area contributed by atoms with Gasteiger partial charge in [0, 0.05) is 35.6 Å². The fourth-order valence-electron chi connectivity index (χ4n) is 3.33. The van der Waals surface area contributed by atoms with Crippen molar-refractivity contribution in [3.05, 3.63) is 120 Å². The highest BCUT2D eigenvalue weighted by atomic mass is 14.9. The zero-order chi connectivity index (χ0) is 19.0. The largest absolute Gasteiger partial charge is 0.380 e. The third kappa shape index (κ3) is 4.41. The van der Waals surface area contributed by atoms with Gasteiger partial charge in [0.25, 0.3) is 0 Å². The summed E-state index contributed by atoms with van der Waals surface area (Å²) in [5.41, 5.74) is 7.23. The van der Waals surface area contributed by atoms with Crippen LogP contribution < -0.4 is 10.6 Å². The highest BCUT2D eigenvalue weighted by molar-refractivity contribution is 5.86. The van der Waals surface area contributed by atoms with Crippen molar-refractivity contribution in [1.82, 2.24) is 0 Å². The van der Waals surface area contributed by atoms with E-state index in [0.717, 1.165) is 24.5 Å². The third-order valence-corrected chi connectivity index (χ3v) is 4.80. The maximum Gasteiger partial charge on any atom is 0.0423 e. The SMILES string of the molecule is c1ccc(CNc2ccccc2-c2ccccc2NCc2ccccc2)cc1. The van der Waals surface area contributed by atoms with Crippen molar-refractivity contribution in [2.75, 3.05) is 10.6 Å². The summed E-state index contributed by atoms with van der Waals surface area (Å²) in [5, 5.41) is 7.20. The molecule has 2 heteroatoms. The van der Waals surface area contributed by atoms with Crippen LogP contribution in [0.1, 0.15) is 11.1 Å². The number of anilines is 2. The smallest absolute Gasteiger partial charge is 0.0423 e. The van der Waals surface area contributed by atoms with Crippen LogP contribution in [0.3, 0.4) is 0 Å². The lowest BCUT2D eigenvalue weighted by Gasteiger charge is -2.16. The van der Waals surface area contributed by atoms with Crippen LogP contribution in [-0.2, 0) is 13.1 Å². The Bertz CT molecular complexity index is 926. The molecule has 0 aliphatic rings. The molecule has 0 atom stereocenters. The predicted molar refractivity (Wildman–Crippen MR) is 119 cm³/mol. The van der Waals surface area contributed by atoms with Crippen molar-refractivity contribution < 1.29 is 0 Å². The van der Waals surface area contributed by atoms with Gasteiger partial charge in [-0.1, -0.05) is 97.1 Å². The molecule has 0 spiro atoms. The average Bonchev–Trinajstić information content (AvgIpc) is 2.78. The second-order valence-corrected chi connectivity index (χ2v) is 6.77. The first-order chi connectivity index (χ1) is 13.9. The van der Waals surface area contributed by atoms with Crippen LogP contribution in [0.5, 0.6) is 0 Å². The Kier molecular flexibility index (Phi) is 5.69. The van der Waals surface area contributed by atoms with E-state index in [9.17, 15) is 0 Å². The van der Waals surface area contributed by atoms with Gasteiger partial charge in [0.05, 0.1) is 0 Å². The molecule has 2 nitrogen and oxygen atoms in total. The molecule has 4 aromatic carbocycles. The van der Waals surface area contributed by atoms with Gasteiger partial charge in [-0.05, 0) is 23.3 Å². The van der Waals surface area contributed by atoms with E-state index in [2.05, 4.69) is 108 Å². The van der Waals surface area contributed by atoms with E-state index in [1.807, 2.05) is 12.1 Å². The van der Waals surface area contributed by atoms with E-state index in [1.54, 1.807) is 0 Å². The normalized spacial score (nSPS) is 10.4. The van der Waals surface area contributed by atoms with Crippen LogP contribution in [0.25, 0.3) is 11.1 Å². The maximum atomic E-state index is 3.60. The Morgan fingerprint density at radius 2 is 0.750 bits per heavy atom. The first-order valence-electron chi connectivity index (χ1n) is 9.64. The number of hydrogen-bond acceptors (Lipinski definition) is 2. The number of para-hydroxylation sites is 2.